The van der Waals surface area contributed by atoms with Crippen LogP contribution in [0.1, 0.15) is 20.8 Å². The van der Waals surface area contributed by atoms with Gasteiger partial charge in [0.15, 0.2) is 0 Å². The average Bonchev–Trinajstić information content (AvgIpc) is 2.33. The third kappa shape index (κ3) is 6.61. The van der Waals surface area contributed by atoms with Gasteiger partial charge in [0.1, 0.15) is 6.04 Å². The van der Waals surface area contributed by atoms with Gasteiger partial charge in [0.25, 0.3) is 0 Å². The molecular weight excluding hydrogens is 190 g/mol. The Balaban J connectivity index is 0. The summed E-state index contributed by atoms with van der Waals surface area (Å²) in [6.07, 6.45) is 3.39. The summed E-state index contributed by atoms with van der Waals surface area (Å²) < 4.78 is 5.20. The molecule has 0 saturated carbocycles. The molecule has 0 aromatic carbocycles. The minimum atomic E-state index is -0.540. The maximum absolute atomic E-state index is 8.37. The number of nitriles is 1. The first-order valence-electron chi connectivity index (χ1n) is 4.95. The molecule has 15 heavy (non-hydrogen) atoms. The Hall–Kier alpha value is -1.44. The molecule has 1 aromatic rings. The summed E-state index contributed by atoms with van der Waals surface area (Å²) in [5, 5.41) is 8.37. The van der Waals surface area contributed by atoms with E-state index in [0.717, 1.165) is 5.56 Å². The van der Waals surface area contributed by atoms with Crippen molar-refractivity contribution in [3.8, 4) is 6.07 Å². The minimum Gasteiger partial charge on any atom is -0.374 e. The van der Waals surface area contributed by atoms with Crippen LogP contribution in [0.5, 0.6) is 0 Å². The van der Waals surface area contributed by atoms with Crippen molar-refractivity contribution in [1.29, 1.82) is 5.26 Å². The zero-order valence-corrected chi connectivity index (χ0v) is 9.18. The Kier molecular flexibility index (Phi) is 8.25. The first-order valence-corrected chi connectivity index (χ1v) is 4.95. The van der Waals surface area contributed by atoms with Crippen molar-refractivity contribution in [2.45, 2.75) is 26.5 Å². The van der Waals surface area contributed by atoms with Gasteiger partial charge < -0.3 is 10.5 Å². The minimum absolute atomic E-state index is 0. The lowest BCUT2D eigenvalue weighted by Gasteiger charge is -2.04. The van der Waals surface area contributed by atoms with E-state index in [4.69, 9.17) is 15.7 Å². The predicted molar refractivity (Wildman–Crippen MR) is 60.9 cm³/mol. The van der Waals surface area contributed by atoms with Crippen LogP contribution in [0, 0.1) is 11.3 Å². The van der Waals surface area contributed by atoms with Crippen LogP contribution in [0.3, 0.4) is 0 Å². The fourth-order valence-corrected chi connectivity index (χ4v) is 0.820. The standard InChI is InChI=1S/C9H11N3O.C2H6.H2/c10-5-9(11)7-13-6-8-1-3-12-4-2-8;1-2;/h1-4,9H,6-7,11H2;1-2H3;1H. The molecule has 1 aromatic heterocycles. The Labute approximate surface area is 92.2 Å². The lowest BCUT2D eigenvalue weighted by Crippen LogP contribution is -2.23. The Morgan fingerprint density at radius 2 is 2.13 bits per heavy atom. The topological polar surface area (TPSA) is 71.9 Å². The quantitative estimate of drug-likeness (QED) is 0.819. The smallest absolute Gasteiger partial charge is 0.116 e. The van der Waals surface area contributed by atoms with Crippen LogP contribution in [0.15, 0.2) is 24.5 Å². The summed E-state index contributed by atoms with van der Waals surface area (Å²) in [5.41, 5.74) is 6.37. The van der Waals surface area contributed by atoms with E-state index in [9.17, 15) is 0 Å². The lowest BCUT2D eigenvalue weighted by atomic mass is 10.3. The highest BCUT2D eigenvalue weighted by atomic mass is 16.5. The highest BCUT2D eigenvalue weighted by molar-refractivity contribution is 5.07. The zero-order chi connectivity index (χ0) is 11.5. The van der Waals surface area contributed by atoms with E-state index in [1.54, 1.807) is 12.4 Å². The number of hydrogen-bond acceptors (Lipinski definition) is 4. The molecule has 1 unspecified atom stereocenters. The van der Waals surface area contributed by atoms with Crippen LogP contribution in [0.2, 0.25) is 0 Å². The zero-order valence-electron chi connectivity index (χ0n) is 9.18. The second-order valence-corrected chi connectivity index (χ2v) is 2.61. The van der Waals surface area contributed by atoms with Gasteiger partial charge in [-0.25, -0.2) is 0 Å². The van der Waals surface area contributed by atoms with Gasteiger partial charge in [0.2, 0.25) is 0 Å². The van der Waals surface area contributed by atoms with Crippen molar-refractivity contribution >= 4 is 0 Å². The number of aromatic nitrogens is 1. The SMILES string of the molecule is CC.N#CC(N)COCc1ccncc1.[HH]. The van der Waals surface area contributed by atoms with Gasteiger partial charge in [0, 0.05) is 13.8 Å². The fraction of sp³-hybridized carbons (Fsp3) is 0.455. The first kappa shape index (κ1) is 13.6. The number of nitrogens with two attached hydrogens (primary N) is 1. The molecule has 0 bridgehead atoms. The van der Waals surface area contributed by atoms with Gasteiger partial charge >= 0.3 is 0 Å². The number of rotatable bonds is 4. The normalized spacial score (nSPS) is 10.8. The third-order valence-electron chi connectivity index (χ3n) is 1.48. The maximum Gasteiger partial charge on any atom is 0.116 e. The van der Waals surface area contributed by atoms with E-state index in [0.29, 0.717) is 6.61 Å². The van der Waals surface area contributed by atoms with Crippen molar-refractivity contribution in [2.75, 3.05) is 6.61 Å². The second kappa shape index (κ2) is 9.13. The molecule has 0 aliphatic heterocycles. The molecule has 2 N–H and O–H groups in total. The van der Waals surface area contributed by atoms with Crippen molar-refractivity contribution in [2.24, 2.45) is 5.73 Å². The van der Waals surface area contributed by atoms with Crippen molar-refractivity contribution in [1.82, 2.24) is 4.98 Å². The summed E-state index contributed by atoms with van der Waals surface area (Å²) in [4.78, 5) is 3.87. The van der Waals surface area contributed by atoms with Gasteiger partial charge in [-0.3, -0.25) is 4.98 Å². The molecule has 0 amide bonds. The van der Waals surface area contributed by atoms with Gasteiger partial charge in [-0.05, 0) is 17.7 Å². The van der Waals surface area contributed by atoms with Crippen LogP contribution in [0.25, 0.3) is 0 Å². The van der Waals surface area contributed by atoms with Crippen LogP contribution in [-0.2, 0) is 11.3 Å². The summed E-state index contributed by atoms with van der Waals surface area (Å²) in [6, 6.07) is 5.07. The van der Waals surface area contributed by atoms with Gasteiger partial charge in [0.05, 0.1) is 19.3 Å². The van der Waals surface area contributed by atoms with Crippen molar-refractivity contribution in [3.05, 3.63) is 30.1 Å². The number of pyridine rings is 1. The van der Waals surface area contributed by atoms with Gasteiger partial charge in [-0.1, -0.05) is 13.8 Å². The summed E-state index contributed by atoms with van der Waals surface area (Å²) >= 11 is 0. The van der Waals surface area contributed by atoms with E-state index in [2.05, 4.69) is 4.98 Å². The molecular formula is C11H19N3O. The van der Waals surface area contributed by atoms with Crippen molar-refractivity contribution in [3.63, 3.8) is 0 Å². The molecule has 0 aliphatic rings. The number of ether oxygens (including phenoxy) is 1. The summed E-state index contributed by atoms with van der Waals surface area (Å²) in [5.74, 6) is 0. The largest absolute Gasteiger partial charge is 0.374 e. The lowest BCUT2D eigenvalue weighted by molar-refractivity contribution is 0.117. The van der Waals surface area contributed by atoms with Crippen LogP contribution < -0.4 is 5.73 Å². The fourth-order valence-electron chi connectivity index (χ4n) is 0.820. The summed E-state index contributed by atoms with van der Waals surface area (Å²) in [7, 11) is 0. The molecule has 1 heterocycles. The molecule has 1 rings (SSSR count). The first-order chi connectivity index (χ1) is 7.33. The van der Waals surface area contributed by atoms with E-state index >= 15 is 0 Å². The van der Waals surface area contributed by atoms with E-state index in [1.165, 1.54) is 0 Å². The van der Waals surface area contributed by atoms with Crippen molar-refractivity contribution < 1.29 is 6.16 Å². The van der Waals surface area contributed by atoms with Gasteiger partial charge in [-0.2, -0.15) is 5.26 Å². The highest BCUT2D eigenvalue weighted by Crippen LogP contribution is 1.98. The molecule has 0 saturated heterocycles. The van der Waals surface area contributed by atoms with Crippen LogP contribution >= 0.6 is 0 Å². The monoisotopic (exact) mass is 209 g/mol. The summed E-state index contributed by atoms with van der Waals surface area (Å²) in [6.45, 7) is 4.73. The molecule has 1 atom stereocenters. The Morgan fingerprint density at radius 3 is 2.67 bits per heavy atom. The van der Waals surface area contributed by atoms with E-state index in [-0.39, 0.29) is 8.03 Å². The van der Waals surface area contributed by atoms with Crippen LogP contribution in [0.4, 0.5) is 0 Å². The van der Waals surface area contributed by atoms with E-state index in [1.807, 2.05) is 32.0 Å². The van der Waals surface area contributed by atoms with Gasteiger partial charge in [-0.15, -0.1) is 0 Å². The highest BCUT2D eigenvalue weighted by Gasteiger charge is 1.99. The van der Waals surface area contributed by atoms with E-state index < -0.39 is 6.04 Å². The Bertz CT molecular complexity index is 287. The molecule has 0 spiro atoms. The maximum atomic E-state index is 8.37. The Morgan fingerprint density at radius 1 is 1.53 bits per heavy atom. The molecule has 4 heteroatoms. The predicted octanol–water partition coefficient (Wildman–Crippen LogP) is 1.72. The molecule has 4 nitrogen and oxygen atoms in total. The number of hydrogen-bond donors (Lipinski definition) is 1. The van der Waals surface area contributed by atoms with Crippen LogP contribution in [-0.4, -0.2) is 17.6 Å². The average molecular weight is 209 g/mol. The number of nitrogens with zero attached hydrogens (tertiary/aromatic N) is 2. The molecule has 0 fully saturated rings. The third-order valence-corrected chi connectivity index (χ3v) is 1.48. The molecule has 0 radical (unpaired) electrons. The second-order valence-electron chi connectivity index (χ2n) is 2.61. The molecule has 84 valence electrons. The molecule has 0 aliphatic carbocycles.